The van der Waals surface area contributed by atoms with Gasteiger partial charge >= 0.3 is 0 Å². The Labute approximate surface area is 149 Å². The zero-order valence-electron chi connectivity index (χ0n) is 13.3. The summed E-state index contributed by atoms with van der Waals surface area (Å²) in [7, 11) is 0. The van der Waals surface area contributed by atoms with Crippen molar-refractivity contribution in [3.05, 3.63) is 57.7 Å². The van der Waals surface area contributed by atoms with Crippen LogP contribution in [0.5, 0.6) is 0 Å². The van der Waals surface area contributed by atoms with Crippen LogP contribution in [0.2, 0.25) is 0 Å². The van der Waals surface area contributed by atoms with Crippen LogP contribution in [0.1, 0.15) is 31.1 Å². The van der Waals surface area contributed by atoms with Gasteiger partial charge < -0.3 is 10.6 Å². The lowest BCUT2D eigenvalue weighted by atomic mass is 9.95. The van der Waals surface area contributed by atoms with E-state index in [0.717, 1.165) is 3.57 Å². The fourth-order valence-corrected chi connectivity index (χ4v) is 2.37. The number of rotatable bonds is 3. The molecule has 23 heavy (non-hydrogen) atoms. The third kappa shape index (κ3) is 5.06. The normalized spacial score (nSPS) is 11.0. The molecule has 120 valence electrons. The molecule has 2 aromatic rings. The summed E-state index contributed by atoms with van der Waals surface area (Å²) in [5, 5.41) is 5.70. The van der Waals surface area contributed by atoms with Crippen LogP contribution in [0.25, 0.3) is 0 Å². The van der Waals surface area contributed by atoms with Crippen molar-refractivity contribution in [2.75, 3.05) is 10.6 Å². The predicted molar refractivity (Wildman–Crippen MR) is 102 cm³/mol. The molecule has 0 saturated heterocycles. The first kappa shape index (κ1) is 17.5. The Hall–Kier alpha value is -1.89. The van der Waals surface area contributed by atoms with Gasteiger partial charge in [0, 0.05) is 25.9 Å². The number of halogens is 1. The predicted octanol–water partition coefficient (Wildman–Crippen LogP) is 4.53. The molecule has 5 heteroatoms. The van der Waals surface area contributed by atoms with E-state index in [4.69, 9.17) is 0 Å². The molecule has 0 spiro atoms. The van der Waals surface area contributed by atoms with Crippen molar-refractivity contribution in [3.8, 4) is 0 Å². The van der Waals surface area contributed by atoms with Gasteiger partial charge in [-0.1, -0.05) is 32.9 Å². The molecule has 0 aliphatic heterocycles. The van der Waals surface area contributed by atoms with Gasteiger partial charge in [-0.15, -0.1) is 0 Å². The average Bonchev–Trinajstić information content (AvgIpc) is 2.46. The van der Waals surface area contributed by atoms with Crippen LogP contribution in [-0.2, 0) is 4.79 Å². The molecule has 2 aromatic carbocycles. The molecule has 0 aliphatic rings. The molecule has 0 heterocycles. The van der Waals surface area contributed by atoms with Crippen molar-refractivity contribution in [1.82, 2.24) is 0 Å². The summed E-state index contributed by atoms with van der Waals surface area (Å²) >= 11 is 2.17. The highest BCUT2D eigenvalue weighted by atomic mass is 127. The van der Waals surface area contributed by atoms with E-state index in [1.54, 1.807) is 30.3 Å². The zero-order chi connectivity index (χ0) is 17.0. The number of hydrogen-bond acceptors (Lipinski definition) is 2. The van der Waals surface area contributed by atoms with E-state index in [9.17, 15) is 9.59 Å². The molecule has 0 bridgehead atoms. The Morgan fingerprint density at radius 1 is 0.913 bits per heavy atom. The minimum absolute atomic E-state index is 0.0708. The Kier molecular flexibility index (Phi) is 5.41. The maximum atomic E-state index is 12.3. The molecular weight excluding hydrogens is 403 g/mol. The van der Waals surface area contributed by atoms with Gasteiger partial charge in [-0.05, 0) is 59.0 Å². The first-order valence-electron chi connectivity index (χ1n) is 7.24. The summed E-state index contributed by atoms with van der Waals surface area (Å²) in [6.07, 6.45) is 0. The van der Waals surface area contributed by atoms with Crippen molar-refractivity contribution in [1.29, 1.82) is 0 Å². The minimum Gasteiger partial charge on any atom is -0.326 e. The lowest BCUT2D eigenvalue weighted by molar-refractivity contribution is -0.123. The van der Waals surface area contributed by atoms with Crippen molar-refractivity contribution in [3.63, 3.8) is 0 Å². The van der Waals surface area contributed by atoms with Gasteiger partial charge in [-0.2, -0.15) is 0 Å². The highest BCUT2D eigenvalue weighted by Gasteiger charge is 2.21. The Bertz CT molecular complexity index is 736. The average molecular weight is 422 g/mol. The number of benzene rings is 2. The van der Waals surface area contributed by atoms with E-state index in [1.165, 1.54) is 0 Å². The lowest BCUT2D eigenvalue weighted by Gasteiger charge is -2.18. The van der Waals surface area contributed by atoms with Crippen LogP contribution >= 0.6 is 22.6 Å². The highest BCUT2D eigenvalue weighted by molar-refractivity contribution is 14.1. The second-order valence-corrected chi connectivity index (χ2v) is 7.50. The quantitative estimate of drug-likeness (QED) is 0.715. The molecule has 0 aliphatic carbocycles. The second kappa shape index (κ2) is 7.12. The molecule has 4 nitrogen and oxygen atoms in total. The van der Waals surface area contributed by atoms with Gasteiger partial charge in [0.25, 0.3) is 5.91 Å². The SMILES string of the molecule is CC(C)(C)C(=O)Nc1cccc(NC(=O)c2cccc(I)c2)c1. The van der Waals surface area contributed by atoms with Gasteiger partial charge in [-0.3, -0.25) is 9.59 Å². The standard InChI is InChI=1S/C18H19IN2O2/c1-18(2,3)17(23)21-15-9-5-8-14(11-15)20-16(22)12-6-4-7-13(19)10-12/h4-11H,1-3H3,(H,20,22)(H,21,23). The van der Waals surface area contributed by atoms with E-state index in [-0.39, 0.29) is 11.8 Å². The van der Waals surface area contributed by atoms with Gasteiger partial charge in [0.05, 0.1) is 0 Å². The number of carbonyl (C=O) groups excluding carboxylic acids is 2. The molecule has 0 saturated carbocycles. The molecule has 0 unspecified atom stereocenters. The van der Waals surface area contributed by atoms with Crippen LogP contribution in [0.15, 0.2) is 48.5 Å². The van der Waals surface area contributed by atoms with Crippen molar-refractivity contribution >= 4 is 45.8 Å². The molecule has 2 N–H and O–H groups in total. The van der Waals surface area contributed by atoms with Gasteiger partial charge in [0.2, 0.25) is 5.91 Å². The first-order valence-corrected chi connectivity index (χ1v) is 8.32. The van der Waals surface area contributed by atoms with E-state index in [0.29, 0.717) is 16.9 Å². The molecule has 2 amide bonds. The summed E-state index contributed by atoms with van der Waals surface area (Å²) in [5.74, 6) is -0.249. The summed E-state index contributed by atoms with van der Waals surface area (Å²) in [6, 6.07) is 14.5. The molecule has 0 fully saturated rings. The minimum atomic E-state index is -0.472. The number of carbonyl (C=O) groups is 2. The van der Waals surface area contributed by atoms with Crippen LogP contribution < -0.4 is 10.6 Å². The van der Waals surface area contributed by atoms with Crippen molar-refractivity contribution in [2.24, 2.45) is 5.41 Å². The molecular formula is C18H19IN2O2. The molecule has 0 aromatic heterocycles. The maximum Gasteiger partial charge on any atom is 0.255 e. The third-order valence-corrected chi connectivity index (χ3v) is 3.82. The number of anilines is 2. The Balaban J connectivity index is 2.11. The Morgan fingerprint density at radius 2 is 1.52 bits per heavy atom. The smallest absolute Gasteiger partial charge is 0.255 e. The van der Waals surface area contributed by atoms with Gasteiger partial charge in [-0.25, -0.2) is 0 Å². The van der Waals surface area contributed by atoms with Crippen LogP contribution in [0, 0.1) is 8.99 Å². The topological polar surface area (TPSA) is 58.2 Å². The van der Waals surface area contributed by atoms with Crippen LogP contribution in [-0.4, -0.2) is 11.8 Å². The van der Waals surface area contributed by atoms with E-state index in [2.05, 4.69) is 33.2 Å². The number of hydrogen-bond donors (Lipinski definition) is 2. The van der Waals surface area contributed by atoms with Gasteiger partial charge in [0.15, 0.2) is 0 Å². The molecule has 0 radical (unpaired) electrons. The maximum absolute atomic E-state index is 12.3. The molecule has 0 atom stereocenters. The number of amides is 2. The van der Waals surface area contributed by atoms with E-state index < -0.39 is 5.41 Å². The fraction of sp³-hybridized carbons (Fsp3) is 0.222. The van der Waals surface area contributed by atoms with Gasteiger partial charge in [0.1, 0.15) is 0 Å². The second-order valence-electron chi connectivity index (χ2n) is 6.25. The molecule has 2 rings (SSSR count). The van der Waals surface area contributed by atoms with Crippen molar-refractivity contribution in [2.45, 2.75) is 20.8 Å². The third-order valence-electron chi connectivity index (χ3n) is 3.15. The summed E-state index contributed by atoms with van der Waals surface area (Å²) < 4.78 is 1.00. The Morgan fingerprint density at radius 3 is 2.13 bits per heavy atom. The van der Waals surface area contributed by atoms with E-state index in [1.807, 2.05) is 39.0 Å². The van der Waals surface area contributed by atoms with Crippen LogP contribution in [0.4, 0.5) is 11.4 Å². The lowest BCUT2D eigenvalue weighted by Crippen LogP contribution is -2.27. The monoisotopic (exact) mass is 422 g/mol. The van der Waals surface area contributed by atoms with Crippen LogP contribution in [0.3, 0.4) is 0 Å². The summed E-state index contributed by atoms with van der Waals surface area (Å²) in [6.45, 7) is 5.56. The summed E-state index contributed by atoms with van der Waals surface area (Å²) in [5.41, 5.74) is 1.42. The van der Waals surface area contributed by atoms with Crippen molar-refractivity contribution < 1.29 is 9.59 Å². The summed E-state index contributed by atoms with van der Waals surface area (Å²) in [4.78, 5) is 24.3. The largest absolute Gasteiger partial charge is 0.326 e. The van der Waals surface area contributed by atoms with E-state index >= 15 is 0 Å². The highest BCUT2D eigenvalue weighted by Crippen LogP contribution is 2.20. The fourth-order valence-electron chi connectivity index (χ4n) is 1.83. The zero-order valence-corrected chi connectivity index (χ0v) is 15.5. The first-order chi connectivity index (χ1) is 10.8. The number of nitrogens with one attached hydrogen (secondary N) is 2.